The minimum absolute atomic E-state index is 0. The molecular formula is C15H24IN3O. The quantitative estimate of drug-likeness (QED) is 0.340. The zero-order valence-corrected chi connectivity index (χ0v) is 14.5. The van der Waals surface area contributed by atoms with Gasteiger partial charge in [0.2, 0.25) is 0 Å². The molecule has 1 saturated carbocycles. The van der Waals surface area contributed by atoms with Gasteiger partial charge in [0, 0.05) is 32.2 Å². The summed E-state index contributed by atoms with van der Waals surface area (Å²) in [5.74, 6) is 1.48. The largest absolute Gasteiger partial charge is 0.380 e. The van der Waals surface area contributed by atoms with Crippen LogP contribution in [0.15, 0.2) is 35.3 Å². The maximum Gasteiger partial charge on any atom is 0.191 e. The van der Waals surface area contributed by atoms with Crippen LogP contribution in [0.1, 0.15) is 24.8 Å². The number of benzene rings is 1. The first kappa shape index (κ1) is 17.2. The van der Waals surface area contributed by atoms with Gasteiger partial charge >= 0.3 is 0 Å². The molecule has 1 aliphatic carbocycles. The fourth-order valence-corrected chi connectivity index (χ4v) is 2.18. The summed E-state index contributed by atoms with van der Waals surface area (Å²) in [6.07, 6.45) is 1.18. The highest BCUT2D eigenvalue weighted by Crippen LogP contribution is 2.40. The molecule has 112 valence electrons. The van der Waals surface area contributed by atoms with Gasteiger partial charge in [-0.1, -0.05) is 30.3 Å². The number of hydrogen-bond acceptors (Lipinski definition) is 2. The molecule has 0 amide bonds. The molecule has 0 aromatic heterocycles. The monoisotopic (exact) mass is 389 g/mol. The highest BCUT2D eigenvalue weighted by atomic mass is 127. The number of hydrogen-bond donors (Lipinski definition) is 2. The van der Waals surface area contributed by atoms with Gasteiger partial charge < -0.3 is 15.4 Å². The third-order valence-corrected chi connectivity index (χ3v) is 3.31. The summed E-state index contributed by atoms with van der Waals surface area (Å²) >= 11 is 0. The normalized spacial score (nSPS) is 21.0. The Morgan fingerprint density at radius 1 is 1.35 bits per heavy atom. The van der Waals surface area contributed by atoms with Gasteiger partial charge in [-0.25, -0.2) is 0 Å². The average molecular weight is 389 g/mol. The lowest BCUT2D eigenvalue weighted by molar-refractivity contribution is 0.152. The first-order valence-electron chi connectivity index (χ1n) is 6.95. The molecule has 1 aromatic rings. The molecule has 0 heterocycles. The molecule has 2 unspecified atom stereocenters. The smallest absolute Gasteiger partial charge is 0.191 e. The number of aliphatic imine (C=N–C) groups is 1. The molecule has 5 heteroatoms. The molecular weight excluding hydrogens is 365 g/mol. The average Bonchev–Trinajstić information content (AvgIpc) is 3.22. The summed E-state index contributed by atoms with van der Waals surface area (Å²) in [4.78, 5) is 4.23. The first-order chi connectivity index (χ1) is 9.35. The van der Waals surface area contributed by atoms with Gasteiger partial charge in [-0.3, -0.25) is 4.99 Å². The van der Waals surface area contributed by atoms with Crippen molar-refractivity contribution in [2.24, 2.45) is 4.99 Å². The number of halogens is 1. The standard InChI is InChI=1S/C15H23N3O.HI/c1-3-19-10-9-17-15(16-2)18-14-11-13(14)12-7-5-4-6-8-12;/h4-8,13-14H,3,9-11H2,1-2H3,(H2,16,17,18);1H. The predicted octanol–water partition coefficient (Wildman–Crippen LogP) is 2.36. The van der Waals surface area contributed by atoms with Gasteiger partial charge in [-0.2, -0.15) is 0 Å². The summed E-state index contributed by atoms with van der Waals surface area (Å²) in [6, 6.07) is 11.1. The molecule has 2 N–H and O–H groups in total. The van der Waals surface area contributed by atoms with E-state index in [-0.39, 0.29) is 24.0 Å². The Morgan fingerprint density at radius 3 is 2.75 bits per heavy atom. The Bertz CT molecular complexity index is 411. The topological polar surface area (TPSA) is 45.6 Å². The van der Waals surface area contributed by atoms with Crippen molar-refractivity contribution in [1.82, 2.24) is 10.6 Å². The van der Waals surface area contributed by atoms with E-state index in [0.29, 0.717) is 18.6 Å². The first-order valence-corrected chi connectivity index (χ1v) is 6.95. The minimum Gasteiger partial charge on any atom is -0.380 e. The van der Waals surface area contributed by atoms with Crippen molar-refractivity contribution in [3.63, 3.8) is 0 Å². The van der Waals surface area contributed by atoms with Crippen LogP contribution in [0.25, 0.3) is 0 Å². The van der Waals surface area contributed by atoms with Crippen LogP contribution in [0.2, 0.25) is 0 Å². The molecule has 2 rings (SSSR count). The Balaban J connectivity index is 0.00000200. The van der Waals surface area contributed by atoms with Gasteiger partial charge in [0.15, 0.2) is 5.96 Å². The predicted molar refractivity (Wildman–Crippen MR) is 94.0 cm³/mol. The lowest BCUT2D eigenvalue weighted by atomic mass is 10.1. The van der Waals surface area contributed by atoms with Gasteiger partial charge in [0.1, 0.15) is 0 Å². The van der Waals surface area contributed by atoms with Crippen molar-refractivity contribution in [3.8, 4) is 0 Å². The Morgan fingerprint density at radius 2 is 2.10 bits per heavy atom. The maximum absolute atomic E-state index is 5.29. The highest BCUT2D eigenvalue weighted by molar-refractivity contribution is 14.0. The van der Waals surface area contributed by atoms with E-state index in [4.69, 9.17) is 4.74 Å². The fourth-order valence-electron chi connectivity index (χ4n) is 2.18. The molecule has 0 radical (unpaired) electrons. The molecule has 0 aliphatic heterocycles. The van der Waals surface area contributed by atoms with E-state index in [1.54, 1.807) is 7.05 Å². The lowest BCUT2D eigenvalue weighted by Gasteiger charge is -2.11. The SMILES string of the molecule is CCOCCNC(=NC)NC1CC1c1ccccc1.I. The maximum atomic E-state index is 5.29. The van der Waals surface area contributed by atoms with Gasteiger partial charge in [-0.05, 0) is 18.9 Å². The van der Waals surface area contributed by atoms with Crippen molar-refractivity contribution in [2.75, 3.05) is 26.8 Å². The van der Waals surface area contributed by atoms with Crippen molar-refractivity contribution >= 4 is 29.9 Å². The van der Waals surface area contributed by atoms with Crippen molar-refractivity contribution in [1.29, 1.82) is 0 Å². The van der Waals surface area contributed by atoms with Crippen LogP contribution in [0.5, 0.6) is 0 Å². The number of nitrogens with one attached hydrogen (secondary N) is 2. The molecule has 20 heavy (non-hydrogen) atoms. The number of ether oxygens (including phenoxy) is 1. The highest BCUT2D eigenvalue weighted by Gasteiger charge is 2.38. The van der Waals surface area contributed by atoms with Crippen LogP contribution in [0.4, 0.5) is 0 Å². The second-order valence-electron chi connectivity index (χ2n) is 4.70. The summed E-state index contributed by atoms with van der Waals surface area (Å²) in [5.41, 5.74) is 1.41. The van der Waals surface area contributed by atoms with Crippen LogP contribution >= 0.6 is 24.0 Å². The molecule has 0 spiro atoms. The van der Waals surface area contributed by atoms with E-state index in [9.17, 15) is 0 Å². The van der Waals surface area contributed by atoms with Crippen LogP contribution in [0, 0.1) is 0 Å². The summed E-state index contributed by atoms with van der Waals surface area (Å²) < 4.78 is 5.29. The van der Waals surface area contributed by atoms with Gasteiger partial charge in [-0.15, -0.1) is 24.0 Å². The molecule has 1 aliphatic rings. The fraction of sp³-hybridized carbons (Fsp3) is 0.533. The number of rotatable bonds is 6. The van der Waals surface area contributed by atoms with Crippen LogP contribution in [-0.4, -0.2) is 38.8 Å². The van der Waals surface area contributed by atoms with Crippen molar-refractivity contribution in [2.45, 2.75) is 25.3 Å². The third kappa shape index (κ3) is 5.28. The number of guanidine groups is 1. The molecule has 1 fully saturated rings. The van der Waals surface area contributed by atoms with Crippen LogP contribution in [-0.2, 0) is 4.74 Å². The molecule has 1 aromatic carbocycles. The Labute approximate surface area is 138 Å². The van der Waals surface area contributed by atoms with Crippen LogP contribution < -0.4 is 10.6 Å². The van der Waals surface area contributed by atoms with Crippen molar-refractivity contribution in [3.05, 3.63) is 35.9 Å². The van der Waals surface area contributed by atoms with E-state index in [2.05, 4.69) is 46.0 Å². The second kappa shape index (κ2) is 9.18. The van der Waals surface area contributed by atoms with E-state index in [1.165, 1.54) is 12.0 Å². The molecule has 4 nitrogen and oxygen atoms in total. The van der Waals surface area contributed by atoms with Gasteiger partial charge in [0.25, 0.3) is 0 Å². The van der Waals surface area contributed by atoms with E-state index < -0.39 is 0 Å². The number of nitrogens with zero attached hydrogens (tertiary/aromatic N) is 1. The van der Waals surface area contributed by atoms with E-state index in [1.807, 2.05) is 6.92 Å². The van der Waals surface area contributed by atoms with Gasteiger partial charge in [0.05, 0.1) is 6.61 Å². The lowest BCUT2D eigenvalue weighted by Crippen LogP contribution is -2.40. The molecule has 0 bridgehead atoms. The second-order valence-corrected chi connectivity index (χ2v) is 4.70. The zero-order chi connectivity index (χ0) is 13.5. The summed E-state index contributed by atoms with van der Waals surface area (Å²) in [5, 5.41) is 6.71. The Hall–Kier alpha value is -0.820. The molecule has 2 atom stereocenters. The third-order valence-electron chi connectivity index (χ3n) is 3.31. The summed E-state index contributed by atoms with van der Waals surface area (Å²) in [7, 11) is 1.80. The van der Waals surface area contributed by atoms with Crippen LogP contribution in [0.3, 0.4) is 0 Å². The zero-order valence-electron chi connectivity index (χ0n) is 12.1. The Kier molecular flexibility index (Phi) is 7.91. The van der Waals surface area contributed by atoms with E-state index in [0.717, 1.165) is 19.1 Å². The minimum atomic E-state index is 0. The van der Waals surface area contributed by atoms with Crippen molar-refractivity contribution < 1.29 is 4.74 Å². The van der Waals surface area contributed by atoms with E-state index >= 15 is 0 Å². The summed E-state index contributed by atoms with van der Waals surface area (Å²) in [6.45, 7) is 4.26. The molecule has 0 saturated heterocycles.